The van der Waals surface area contributed by atoms with Gasteiger partial charge < -0.3 is 9.64 Å². The Morgan fingerprint density at radius 3 is 2.48 bits per heavy atom. The number of sulfonamides is 1. The van der Waals surface area contributed by atoms with Crippen LogP contribution in [0.25, 0.3) is 0 Å². The molecule has 6 nitrogen and oxygen atoms in total. The van der Waals surface area contributed by atoms with Crippen molar-refractivity contribution in [2.75, 3.05) is 25.6 Å². The Morgan fingerprint density at radius 2 is 1.85 bits per heavy atom. The largest absolute Gasteiger partial charge is 0.497 e. The summed E-state index contributed by atoms with van der Waals surface area (Å²) in [5, 5.41) is 0. The molecule has 0 bridgehead atoms. The first-order valence-corrected chi connectivity index (χ1v) is 10.3. The summed E-state index contributed by atoms with van der Waals surface area (Å²) in [6.45, 7) is 1.91. The van der Waals surface area contributed by atoms with Crippen LogP contribution in [0, 0.1) is 6.92 Å². The number of nitrogens with zero attached hydrogens (tertiary/aromatic N) is 1. The van der Waals surface area contributed by atoms with Crippen molar-refractivity contribution < 1.29 is 17.9 Å². The van der Waals surface area contributed by atoms with Gasteiger partial charge in [-0.2, -0.15) is 0 Å². The molecule has 2 aromatic rings. The maximum absolute atomic E-state index is 12.7. The van der Waals surface area contributed by atoms with Gasteiger partial charge in [0, 0.05) is 24.8 Å². The van der Waals surface area contributed by atoms with E-state index in [1.165, 1.54) is 12.0 Å². The molecule has 1 heterocycles. The Balaban J connectivity index is 1.80. The van der Waals surface area contributed by atoms with Crippen molar-refractivity contribution in [3.63, 3.8) is 0 Å². The molecule has 0 fully saturated rings. The number of carbonyl (C=O) groups excluding carboxylic acids is 1. The summed E-state index contributed by atoms with van der Waals surface area (Å²) in [5.74, 6) is 0.295. The number of ether oxygens (including phenoxy) is 1. The lowest BCUT2D eigenvalue weighted by Crippen LogP contribution is -2.37. The van der Waals surface area contributed by atoms with E-state index in [-0.39, 0.29) is 23.8 Å². The molecule has 0 saturated heterocycles. The molecule has 0 radical (unpaired) electrons. The zero-order chi connectivity index (χ0) is 19.8. The smallest absolute Gasteiger partial charge is 0.252 e. The van der Waals surface area contributed by atoms with Crippen molar-refractivity contribution in [1.82, 2.24) is 4.72 Å². The number of nitrogens with one attached hydrogen (secondary N) is 1. The number of hydrogen-bond donors (Lipinski definition) is 1. The fourth-order valence-corrected chi connectivity index (χ4v) is 4.55. The minimum atomic E-state index is -3.67. The van der Waals surface area contributed by atoms with Crippen LogP contribution in [-0.2, 0) is 19.7 Å². The van der Waals surface area contributed by atoms with Crippen LogP contribution in [0.2, 0.25) is 0 Å². The topological polar surface area (TPSA) is 75.7 Å². The molecule has 1 N–H and O–H groups in total. The quantitative estimate of drug-likeness (QED) is 0.746. The van der Waals surface area contributed by atoms with Crippen molar-refractivity contribution in [2.45, 2.75) is 23.1 Å². The SMILES string of the molecule is COc1ccc2c(c1)C(Cl)(CCNS(=O)(=O)c1ccc(C)cc1)C(=O)N2C. The maximum atomic E-state index is 12.7. The number of alkyl halides is 1. The number of benzene rings is 2. The van der Waals surface area contributed by atoms with Gasteiger partial charge in [-0.05, 0) is 43.7 Å². The summed E-state index contributed by atoms with van der Waals surface area (Å²) in [6, 6.07) is 11.8. The highest BCUT2D eigenvalue weighted by atomic mass is 35.5. The molecule has 1 unspecified atom stereocenters. The van der Waals surface area contributed by atoms with Crippen molar-refractivity contribution in [3.8, 4) is 5.75 Å². The first kappa shape index (κ1) is 19.7. The van der Waals surface area contributed by atoms with Crippen LogP contribution < -0.4 is 14.4 Å². The molecule has 0 saturated carbocycles. The number of hydrogen-bond acceptors (Lipinski definition) is 4. The molecular weight excluding hydrogens is 388 g/mol. The van der Waals surface area contributed by atoms with Gasteiger partial charge in [0.1, 0.15) is 5.75 Å². The van der Waals surface area contributed by atoms with Gasteiger partial charge in [0.05, 0.1) is 12.0 Å². The fourth-order valence-electron chi connectivity index (χ4n) is 3.14. The highest BCUT2D eigenvalue weighted by Crippen LogP contribution is 2.47. The third-order valence-electron chi connectivity index (χ3n) is 4.73. The van der Waals surface area contributed by atoms with Crippen molar-refractivity contribution >= 4 is 33.2 Å². The minimum Gasteiger partial charge on any atom is -0.497 e. The number of methoxy groups -OCH3 is 1. The van der Waals surface area contributed by atoms with E-state index in [1.54, 1.807) is 49.5 Å². The summed E-state index contributed by atoms with van der Waals surface area (Å²) < 4.78 is 32.6. The standard InChI is InChI=1S/C19H21ClN2O4S/c1-13-4-7-15(8-5-13)27(24,25)21-11-10-19(20)16-12-14(26-3)6-9-17(16)22(2)18(19)23/h4-9,12,21H,10-11H2,1-3H3. The molecular formula is C19H21ClN2O4S. The predicted molar refractivity (Wildman–Crippen MR) is 105 cm³/mol. The zero-order valence-electron chi connectivity index (χ0n) is 15.3. The Labute approximate surface area is 164 Å². The van der Waals surface area contributed by atoms with Crippen LogP contribution in [0.15, 0.2) is 47.4 Å². The number of amides is 1. The van der Waals surface area contributed by atoms with Gasteiger partial charge in [0.15, 0.2) is 4.87 Å². The molecule has 1 atom stereocenters. The number of carbonyl (C=O) groups is 1. The molecule has 0 aliphatic carbocycles. The average molecular weight is 409 g/mol. The van der Waals surface area contributed by atoms with Crippen LogP contribution in [0.5, 0.6) is 5.75 Å². The number of aryl methyl sites for hydroxylation is 1. The molecule has 1 amide bonds. The second kappa shape index (κ2) is 7.14. The Morgan fingerprint density at radius 1 is 1.19 bits per heavy atom. The van der Waals surface area contributed by atoms with E-state index in [0.29, 0.717) is 17.0 Å². The second-order valence-corrected chi connectivity index (χ2v) is 8.92. The number of likely N-dealkylation sites (N-methyl/N-ethyl adjacent to an activating group) is 1. The lowest BCUT2D eigenvalue weighted by molar-refractivity contribution is -0.120. The molecule has 27 heavy (non-hydrogen) atoms. The maximum Gasteiger partial charge on any atom is 0.252 e. The van der Waals surface area contributed by atoms with Crippen molar-refractivity contribution in [1.29, 1.82) is 0 Å². The fraction of sp³-hybridized carbons (Fsp3) is 0.316. The zero-order valence-corrected chi connectivity index (χ0v) is 16.9. The molecule has 2 aromatic carbocycles. The lowest BCUT2D eigenvalue weighted by atomic mass is 9.96. The van der Waals surface area contributed by atoms with Crippen LogP contribution in [0.4, 0.5) is 5.69 Å². The van der Waals surface area contributed by atoms with E-state index in [1.807, 2.05) is 6.92 Å². The Hall–Kier alpha value is -2.09. The van der Waals surface area contributed by atoms with Gasteiger partial charge in [-0.1, -0.05) is 17.7 Å². The van der Waals surface area contributed by atoms with Crippen LogP contribution in [-0.4, -0.2) is 35.0 Å². The molecule has 0 spiro atoms. The van der Waals surface area contributed by atoms with Gasteiger partial charge in [0.25, 0.3) is 5.91 Å². The summed E-state index contributed by atoms with van der Waals surface area (Å²) in [5.41, 5.74) is 2.28. The number of fused-ring (bicyclic) bond motifs is 1. The molecule has 144 valence electrons. The van der Waals surface area contributed by atoms with Crippen LogP contribution in [0.1, 0.15) is 17.5 Å². The van der Waals surface area contributed by atoms with Gasteiger partial charge >= 0.3 is 0 Å². The molecule has 1 aliphatic rings. The summed E-state index contributed by atoms with van der Waals surface area (Å²) >= 11 is 6.69. The number of halogens is 1. The molecule has 0 aromatic heterocycles. The van der Waals surface area contributed by atoms with Gasteiger partial charge in [-0.15, -0.1) is 11.6 Å². The Kier molecular flexibility index (Phi) is 5.20. The summed E-state index contributed by atoms with van der Waals surface area (Å²) in [7, 11) is -0.492. The van der Waals surface area contributed by atoms with E-state index in [4.69, 9.17) is 16.3 Å². The van der Waals surface area contributed by atoms with Gasteiger partial charge in [-0.3, -0.25) is 4.79 Å². The minimum absolute atomic E-state index is 0.0237. The summed E-state index contributed by atoms with van der Waals surface area (Å²) in [4.78, 5) is 13.0. The second-order valence-electron chi connectivity index (χ2n) is 6.51. The van der Waals surface area contributed by atoms with E-state index in [9.17, 15) is 13.2 Å². The highest BCUT2D eigenvalue weighted by molar-refractivity contribution is 7.89. The van der Waals surface area contributed by atoms with Crippen LogP contribution >= 0.6 is 11.6 Å². The first-order valence-electron chi connectivity index (χ1n) is 8.41. The molecule has 1 aliphatic heterocycles. The van der Waals surface area contributed by atoms with Crippen molar-refractivity contribution in [2.24, 2.45) is 0 Å². The van der Waals surface area contributed by atoms with E-state index < -0.39 is 14.9 Å². The monoisotopic (exact) mass is 408 g/mol. The predicted octanol–water partition coefficient (Wildman–Crippen LogP) is 2.78. The van der Waals surface area contributed by atoms with Gasteiger partial charge in [0.2, 0.25) is 10.0 Å². The molecule has 8 heteroatoms. The third-order valence-corrected chi connectivity index (χ3v) is 6.76. The normalized spacial score (nSPS) is 19.3. The molecule has 3 rings (SSSR count). The van der Waals surface area contributed by atoms with Crippen molar-refractivity contribution in [3.05, 3.63) is 53.6 Å². The number of anilines is 1. The van der Waals surface area contributed by atoms with E-state index >= 15 is 0 Å². The summed E-state index contributed by atoms with van der Waals surface area (Å²) in [6.07, 6.45) is 0.114. The van der Waals surface area contributed by atoms with E-state index in [2.05, 4.69) is 4.72 Å². The third kappa shape index (κ3) is 3.54. The Bertz CT molecular complexity index is 976. The lowest BCUT2D eigenvalue weighted by Gasteiger charge is -2.21. The van der Waals surface area contributed by atoms with E-state index in [0.717, 1.165) is 5.56 Å². The first-order chi connectivity index (χ1) is 12.7. The average Bonchev–Trinajstić information content (AvgIpc) is 2.83. The van der Waals surface area contributed by atoms with Crippen LogP contribution in [0.3, 0.4) is 0 Å². The van der Waals surface area contributed by atoms with Gasteiger partial charge in [-0.25, -0.2) is 13.1 Å². The number of rotatable bonds is 6. The highest BCUT2D eigenvalue weighted by Gasteiger charge is 2.48.